The molecule has 0 atom stereocenters. The molecule has 1 aromatic heterocycles. The van der Waals surface area contributed by atoms with Crippen LogP contribution in [0.5, 0.6) is 11.5 Å². The summed E-state index contributed by atoms with van der Waals surface area (Å²) >= 11 is 0. The third-order valence-corrected chi connectivity index (χ3v) is 4.93. The molecule has 0 spiro atoms. The van der Waals surface area contributed by atoms with Gasteiger partial charge in [-0.15, -0.1) is 0 Å². The first-order chi connectivity index (χ1) is 18.8. The third-order valence-electron chi connectivity index (χ3n) is 4.93. The van der Waals surface area contributed by atoms with Crippen LogP contribution in [0.15, 0.2) is 57.9 Å². The van der Waals surface area contributed by atoms with Crippen LogP contribution in [0.4, 0.5) is 0 Å². The highest BCUT2D eigenvalue weighted by Gasteiger charge is 2.13. The summed E-state index contributed by atoms with van der Waals surface area (Å²) in [5, 5.41) is 0.344. The summed E-state index contributed by atoms with van der Waals surface area (Å²) < 4.78 is 35.2. The lowest BCUT2D eigenvalue weighted by Crippen LogP contribution is -2.22. The summed E-state index contributed by atoms with van der Waals surface area (Å²) in [6, 6.07) is 11.1. The molecule has 0 amide bonds. The molecule has 206 valence electrons. The van der Waals surface area contributed by atoms with Crippen LogP contribution in [0, 0.1) is 0 Å². The Labute approximate surface area is 222 Å². The average Bonchev–Trinajstić information content (AvgIpc) is 2.92. The molecule has 0 aliphatic rings. The fraction of sp³-hybridized carbons (Fsp3) is 0.296. The van der Waals surface area contributed by atoms with E-state index in [1.807, 2.05) is 0 Å². The molecule has 0 saturated heterocycles. The number of ether oxygens (including phenoxy) is 6. The number of esters is 3. The zero-order valence-electron chi connectivity index (χ0n) is 21.3. The molecule has 3 rings (SSSR count). The van der Waals surface area contributed by atoms with E-state index < -0.39 is 31.1 Å². The Hall–Kier alpha value is -4.71. The van der Waals surface area contributed by atoms with Crippen molar-refractivity contribution >= 4 is 34.7 Å². The molecular formula is C27H26O12. The maximum atomic E-state index is 13.0. The van der Waals surface area contributed by atoms with Crippen molar-refractivity contribution in [2.75, 3.05) is 46.8 Å². The number of methoxy groups -OCH3 is 1. The molecule has 3 aromatic rings. The van der Waals surface area contributed by atoms with E-state index in [4.69, 9.17) is 28.1 Å². The maximum Gasteiger partial charge on any atom is 0.344 e. The molecule has 12 heteroatoms. The monoisotopic (exact) mass is 542 g/mol. The second-order valence-corrected chi connectivity index (χ2v) is 7.97. The number of benzene rings is 2. The van der Waals surface area contributed by atoms with Crippen molar-refractivity contribution in [2.24, 2.45) is 0 Å². The van der Waals surface area contributed by atoms with Crippen molar-refractivity contribution in [2.45, 2.75) is 6.92 Å². The first-order valence-corrected chi connectivity index (χ1v) is 11.6. The van der Waals surface area contributed by atoms with E-state index in [1.54, 1.807) is 42.5 Å². The van der Waals surface area contributed by atoms with E-state index >= 15 is 0 Å². The minimum absolute atomic E-state index is 0.0809. The SMILES string of the molecule is COCC(=O)OCCOC(=O)COC(=O)COc1ccc(-c2coc3cc(OCC(C)=O)ccc3c2=O)cc1. The third kappa shape index (κ3) is 8.97. The van der Waals surface area contributed by atoms with Crippen molar-refractivity contribution in [3.05, 3.63) is 59.0 Å². The zero-order valence-corrected chi connectivity index (χ0v) is 21.3. The number of carbonyl (C=O) groups excluding carboxylic acids is 4. The molecule has 0 radical (unpaired) electrons. The van der Waals surface area contributed by atoms with Gasteiger partial charge in [-0.05, 0) is 36.8 Å². The van der Waals surface area contributed by atoms with E-state index in [0.717, 1.165) is 0 Å². The van der Waals surface area contributed by atoms with Gasteiger partial charge in [0, 0.05) is 13.2 Å². The smallest absolute Gasteiger partial charge is 0.344 e. The van der Waals surface area contributed by atoms with Crippen LogP contribution >= 0.6 is 0 Å². The lowest BCUT2D eigenvalue weighted by atomic mass is 10.1. The molecule has 12 nitrogen and oxygen atoms in total. The zero-order chi connectivity index (χ0) is 28.2. The van der Waals surface area contributed by atoms with Gasteiger partial charge in [-0.3, -0.25) is 9.59 Å². The van der Waals surface area contributed by atoms with Crippen LogP contribution in [-0.4, -0.2) is 70.4 Å². The van der Waals surface area contributed by atoms with Crippen LogP contribution < -0.4 is 14.9 Å². The Bertz CT molecular complexity index is 1370. The summed E-state index contributed by atoms with van der Waals surface area (Å²) in [7, 11) is 1.34. The predicted molar refractivity (Wildman–Crippen MR) is 134 cm³/mol. The van der Waals surface area contributed by atoms with Gasteiger partial charge in [-0.2, -0.15) is 0 Å². The topological polar surface area (TPSA) is 154 Å². The number of ketones is 1. The minimum atomic E-state index is -0.815. The molecule has 0 fully saturated rings. The van der Waals surface area contributed by atoms with Gasteiger partial charge >= 0.3 is 17.9 Å². The van der Waals surface area contributed by atoms with Gasteiger partial charge in [0.15, 0.2) is 24.4 Å². The Morgan fingerprint density at radius 1 is 0.744 bits per heavy atom. The largest absolute Gasteiger partial charge is 0.486 e. The number of carbonyl (C=O) groups is 4. The van der Waals surface area contributed by atoms with E-state index in [1.165, 1.54) is 20.3 Å². The Kier molecular flexibility index (Phi) is 10.6. The normalized spacial score (nSPS) is 10.5. The molecule has 0 saturated carbocycles. The van der Waals surface area contributed by atoms with Gasteiger partial charge in [0.05, 0.1) is 10.9 Å². The van der Waals surface area contributed by atoms with Crippen LogP contribution in [0.2, 0.25) is 0 Å². The molecule has 2 aromatic carbocycles. The number of hydrogen-bond donors (Lipinski definition) is 0. The van der Waals surface area contributed by atoms with Crippen molar-refractivity contribution in [3.63, 3.8) is 0 Å². The molecule has 0 bridgehead atoms. The van der Waals surface area contributed by atoms with Crippen molar-refractivity contribution in [1.82, 2.24) is 0 Å². The minimum Gasteiger partial charge on any atom is -0.486 e. The molecular weight excluding hydrogens is 516 g/mol. The summed E-state index contributed by atoms with van der Waals surface area (Å²) in [6.45, 7) is -0.327. The van der Waals surface area contributed by atoms with Gasteiger partial charge < -0.3 is 32.8 Å². The Morgan fingerprint density at radius 3 is 2.03 bits per heavy atom. The van der Waals surface area contributed by atoms with Crippen LogP contribution in [0.3, 0.4) is 0 Å². The lowest BCUT2D eigenvalue weighted by molar-refractivity contribution is -0.162. The number of fused-ring (bicyclic) bond motifs is 1. The fourth-order valence-electron chi connectivity index (χ4n) is 3.15. The molecule has 0 N–H and O–H groups in total. The van der Waals surface area contributed by atoms with Gasteiger partial charge in [-0.25, -0.2) is 14.4 Å². The number of Topliss-reactive ketones (excluding diaryl/α,β-unsaturated/α-hetero) is 1. The van der Waals surface area contributed by atoms with E-state index in [9.17, 15) is 24.0 Å². The van der Waals surface area contributed by atoms with Crippen LogP contribution in [-0.2, 0) is 38.1 Å². The summed E-state index contributed by atoms with van der Waals surface area (Å²) in [4.78, 5) is 58.6. The standard InChI is InChI=1S/C27H26O12/c1-17(28)12-36-20-7-8-21-23(11-20)38-13-22(27(21)32)18-3-5-19(6-4-18)37-15-26(31)39-16-25(30)35-10-9-34-24(29)14-33-2/h3-8,11,13H,9-10,12,14-16H2,1-2H3. The lowest BCUT2D eigenvalue weighted by Gasteiger charge is -2.09. The molecule has 0 aliphatic carbocycles. The average molecular weight is 542 g/mol. The van der Waals surface area contributed by atoms with Gasteiger partial charge in [0.2, 0.25) is 0 Å². The van der Waals surface area contributed by atoms with Gasteiger partial charge in [-0.1, -0.05) is 12.1 Å². The summed E-state index contributed by atoms with van der Waals surface area (Å²) in [6.07, 6.45) is 1.33. The van der Waals surface area contributed by atoms with Crippen molar-refractivity contribution in [1.29, 1.82) is 0 Å². The first kappa shape index (κ1) is 28.9. The highest BCUT2D eigenvalue weighted by atomic mass is 16.6. The summed E-state index contributed by atoms with van der Waals surface area (Å²) in [5.74, 6) is -1.61. The first-order valence-electron chi connectivity index (χ1n) is 11.6. The maximum absolute atomic E-state index is 13.0. The number of hydrogen-bond acceptors (Lipinski definition) is 12. The second-order valence-electron chi connectivity index (χ2n) is 7.97. The van der Waals surface area contributed by atoms with Gasteiger partial charge in [0.1, 0.15) is 49.8 Å². The van der Waals surface area contributed by atoms with Gasteiger partial charge in [0.25, 0.3) is 0 Å². The summed E-state index contributed by atoms with van der Waals surface area (Å²) in [5.41, 5.74) is 0.940. The van der Waals surface area contributed by atoms with Crippen LogP contribution in [0.1, 0.15) is 6.92 Å². The molecule has 0 aliphatic heterocycles. The van der Waals surface area contributed by atoms with Crippen molar-refractivity contribution < 1.29 is 52.0 Å². The van der Waals surface area contributed by atoms with Crippen molar-refractivity contribution in [3.8, 4) is 22.6 Å². The number of rotatable bonds is 14. The Balaban J connectivity index is 1.47. The highest BCUT2D eigenvalue weighted by molar-refractivity contribution is 5.83. The Morgan fingerprint density at radius 2 is 1.36 bits per heavy atom. The molecule has 0 unspecified atom stereocenters. The van der Waals surface area contributed by atoms with E-state index in [0.29, 0.717) is 33.6 Å². The molecule has 39 heavy (non-hydrogen) atoms. The second kappa shape index (κ2) is 14.3. The van der Waals surface area contributed by atoms with E-state index in [-0.39, 0.29) is 37.6 Å². The van der Waals surface area contributed by atoms with E-state index in [2.05, 4.69) is 4.74 Å². The quantitative estimate of drug-likeness (QED) is 0.166. The highest BCUT2D eigenvalue weighted by Crippen LogP contribution is 2.24. The fourth-order valence-corrected chi connectivity index (χ4v) is 3.15. The molecule has 1 heterocycles. The van der Waals surface area contributed by atoms with Crippen LogP contribution in [0.25, 0.3) is 22.1 Å². The predicted octanol–water partition coefficient (Wildman–Crippen LogP) is 2.08.